The van der Waals surface area contributed by atoms with Crippen LogP contribution in [-0.2, 0) is 19.1 Å². The van der Waals surface area contributed by atoms with Crippen LogP contribution >= 0.6 is 0 Å². The van der Waals surface area contributed by atoms with Gasteiger partial charge in [-0.2, -0.15) is 0 Å². The molecular formula is C27H36O4. The van der Waals surface area contributed by atoms with Crippen LogP contribution in [0.1, 0.15) is 73.1 Å². The average molecular weight is 425 g/mol. The van der Waals surface area contributed by atoms with E-state index in [0.29, 0.717) is 18.3 Å². The van der Waals surface area contributed by atoms with Gasteiger partial charge in [0.25, 0.3) is 0 Å². The SMILES string of the molecule is CCCCC(=O)O[C@]1(C(C)=O)[C@@H](C)C[C@H]2[C@@H]3C=CC4=CC(=O)C=C[C@]4(C)[C@H]3CC[C@@]21C. The molecule has 31 heavy (non-hydrogen) atoms. The summed E-state index contributed by atoms with van der Waals surface area (Å²) < 4.78 is 6.19. The van der Waals surface area contributed by atoms with Gasteiger partial charge in [0.2, 0.25) is 0 Å². The Kier molecular flexibility index (Phi) is 5.43. The van der Waals surface area contributed by atoms with Crippen LogP contribution in [-0.4, -0.2) is 23.1 Å². The minimum absolute atomic E-state index is 0.00838. The third-order valence-corrected chi connectivity index (χ3v) is 9.19. The summed E-state index contributed by atoms with van der Waals surface area (Å²) in [5.74, 6) is 0.755. The van der Waals surface area contributed by atoms with Crippen molar-refractivity contribution in [1.82, 2.24) is 0 Å². The molecular weight excluding hydrogens is 388 g/mol. The molecule has 168 valence electrons. The normalized spacial score (nSPS) is 43.0. The standard InChI is InChI=1S/C27H36O4/c1-6-7-8-24(30)31-27(18(3)28)17(2)15-23-21-10-9-19-16-20(29)11-13-25(19,4)22(21)12-14-26(23,27)5/h9-11,13,16-17,21-23H,6-8,12,14-15H2,1-5H3/t17-,21+,22-,23-,25-,26-,27-/m0/s1. The summed E-state index contributed by atoms with van der Waals surface area (Å²) in [5, 5.41) is 0. The summed E-state index contributed by atoms with van der Waals surface area (Å²) in [7, 11) is 0. The van der Waals surface area contributed by atoms with Crippen LogP contribution in [0.2, 0.25) is 0 Å². The Morgan fingerprint density at radius 2 is 1.94 bits per heavy atom. The lowest BCUT2D eigenvalue weighted by Crippen LogP contribution is -2.59. The van der Waals surface area contributed by atoms with Gasteiger partial charge in [0, 0.05) is 23.2 Å². The van der Waals surface area contributed by atoms with Crippen molar-refractivity contribution in [1.29, 1.82) is 0 Å². The van der Waals surface area contributed by atoms with Gasteiger partial charge in [-0.05, 0) is 68.1 Å². The summed E-state index contributed by atoms with van der Waals surface area (Å²) >= 11 is 0. The Morgan fingerprint density at radius 1 is 1.19 bits per heavy atom. The number of ketones is 2. The molecule has 0 aliphatic heterocycles. The molecule has 0 bridgehead atoms. The van der Waals surface area contributed by atoms with E-state index in [1.807, 2.05) is 0 Å². The first-order valence-corrected chi connectivity index (χ1v) is 12.0. The Balaban J connectivity index is 1.72. The van der Waals surface area contributed by atoms with E-state index in [4.69, 9.17) is 4.74 Å². The number of carbonyl (C=O) groups excluding carboxylic acids is 3. The van der Waals surface area contributed by atoms with Crippen LogP contribution in [0.25, 0.3) is 0 Å². The van der Waals surface area contributed by atoms with Crippen molar-refractivity contribution in [3.63, 3.8) is 0 Å². The summed E-state index contributed by atoms with van der Waals surface area (Å²) in [6.45, 7) is 10.2. The highest BCUT2D eigenvalue weighted by Gasteiger charge is 2.70. The second kappa shape index (κ2) is 7.56. The lowest BCUT2D eigenvalue weighted by molar-refractivity contribution is -0.192. The predicted molar refractivity (Wildman–Crippen MR) is 120 cm³/mol. The highest BCUT2D eigenvalue weighted by atomic mass is 16.6. The zero-order valence-electron chi connectivity index (χ0n) is 19.6. The number of rotatable bonds is 5. The maximum Gasteiger partial charge on any atom is 0.306 e. The maximum absolute atomic E-state index is 13.2. The number of esters is 1. The van der Waals surface area contributed by atoms with Crippen molar-refractivity contribution in [2.45, 2.75) is 78.7 Å². The number of hydrogen-bond acceptors (Lipinski definition) is 4. The van der Waals surface area contributed by atoms with Gasteiger partial charge in [-0.1, -0.05) is 52.3 Å². The number of unbranched alkanes of at least 4 members (excludes halogenated alkanes) is 1. The zero-order valence-corrected chi connectivity index (χ0v) is 19.6. The number of Topliss-reactive ketones (excluding diaryl/α,β-unsaturated/α-hetero) is 1. The Morgan fingerprint density at radius 3 is 2.61 bits per heavy atom. The molecule has 0 aromatic carbocycles. The van der Waals surface area contributed by atoms with Crippen LogP contribution < -0.4 is 0 Å². The van der Waals surface area contributed by atoms with Crippen molar-refractivity contribution in [3.8, 4) is 0 Å². The second-order valence-corrected chi connectivity index (χ2v) is 10.7. The van der Waals surface area contributed by atoms with E-state index < -0.39 is 5.60 Å². The summed E-state index contributed by atoms with van der Waals surface area (Å²) in [6.07, 6.45) is 14.7. The van der Waals surface area contributed by atoms with E-state index in [-0.39, 0.29) is 40.2 Å². The molecule has 0 aromatic rings. The van der Waals surface area contributed by atoms with Crippen LogP contribution in [0.5, 0.6) is 0 Å². The monoisotopic (exact) mass is 424 g/mol. The summed E-state index contributed by atoms with van der Waals surface area (Å²) in [6, 6.07) is 0. The van der Waals surface area contributed by atoms with Gasteiger partial charge < -0.3 is 4.74 Å². The molecule has 0 saturated heterocycles. The molecule has 2 saturated carbocycles. The molecule has 0 heterocycles. The third-order valence-electron chi connectivity index (χ3n) is 9.19. The average Bonchev–Trinajstić information content (AvgIpc) is 2.94. The first kappa shape index (κ1) is 22.2. The molecule has 4 aliphatic carbocycles. The van der Waals surface area contributed by atoms with E-state index in [2.05, 4.69) is 45.9 Å². The Bertz CT molecular complexity index is 895. The first-order chi connectivity index (χ1) is 14.6. The van der Waals surface area contributed by atoms with E-state index in [0.717, 1.165) is 37.7 Å². The Hall–Kier alpha value is -1.97. The minimum atomic E-state index is -1.04. The van der Waals surface area contributed by atoms with Crippen molar-refractivity contribution < 1.29 is 19.1 Å². The molecule has 4 aliphatic rings. The molecule has 0 aromatic heterocycles. The lowest BCUT2D eigenvalue weighted by Gasteiger charge is -2.56. The third kappa shape index (κ3) is 3.04. The van der Waals surface area contributed by atoms with Crippen molar-refractivity contribution in [3.05, 3.63) is 36.0 Å². The number of carbonyl (C=O) groups is 3. The fraction of sp³-hybridized carbons (Fsp3) is 0.667. The predicted octanol–water partition coefficient (Wildman–Crippen LogP) is 5.38. The van der Waals surface area contributed by atoms with Gasteiger partial charge in [-0.15, -0.1) is 0 Å². The highest BCUT2D eigenvalue weighted by molar-refractivity contribution is 6.01. The molecule has 7 atom stereocenters. The van der Waals surface area contributed by atoms with Gasteiger partial charge in [-0.3, -0.25) is 14.4 Å². The van der Waals surface area contributed by atoms with Gasteiger partial charge in [0.1, 0.15) is 0 Å². The molecule has 0 radical (unpaired) electrons. The zero-order chi connectivity index (χ0) is 22.6. The van der Waals surface area contributed by atoms with Crippen molar-refractivity contribution >= 4 is 17.5 Å². The molecule has 0 N–H and O–H groups in total. The first-order valence-electron chi connectivity index (χ1n) is 12.0. The summed E-state index contributed by atoms with van der Waals surface area (Å²) in [5.41, 5.74) is -0.481. The lowest BCUT2D eigenvalue weighted by atomic mass is 9.48. The molecule has 4 rings (SSSR count). The van der Waals surface area contributed by atoms with Gasteiger partial charge in [-0.25, -0.2) is 0 Å². The molecule has 0 unspecified atom stereocenters. The van der Waals surface area contributed by atoms with E-state index in [9.17, 15) is 14.4 Å². The smallest absolute Gasteiger partial charge is 0.306 e. The quantitative estimate of drug-likeness (QED) is 0.556. The molecule has 4 heteroatoms. The molecule has 2 fully saturated rings. The van der Waals surface area contributed by atoms with Gasteiger partial charge >= 0.3 is 5.97 Å². The number of allylic oxidation sites excluding steroid dienone is 6. The van der Waals surface area contributed by atoms with E-state index >= 15 is 0 Å². The van der Waals surface area contributed by atoms with E-state index in [1.54, 1.807) is 19.1 Å². The molecule has 0 amide bonds. The van der Waals surface area contributed by atoms with Crippen LogP contribution in [0.4, 0.5) is 0 Å². The highest BCUT2D eigenvalue weighted by Crippen LogP contribution is 2.68. The van der Waals surface area contributed by atoms with E-state index in [1.165, 1.54) is 0 Å². The van der Waals surface area contributed by atoms with Crippen LogP contribution in [0.15, 0.2) is 36.0 Å². The summed E-state index contributed by atoms with van der Waals surface area (Å²) in [4.78, 5) is 37.9. The number of hydrogen-bond donors (Lipinski definition) is 0. The number of fused-ring (bicyclic) bond motifs is 5. The van der Waals surface area contributed by atoms with Crippen molar-refractivity contribution in [2.75, 3.05) is 0 Å². The minimum Gasteiger partial charge on any atom is -0.450 e. The molecule has 0 spiro atoms. The fourth-order valence-electron chi connectivity index (χ4n) is 7.57. The number of ether oxygens (including phenoxy) is 1. The van der Waals surface area contributed by atoms with Crippen LogP contribution in [0.3, 0.4) is 0 Å². The van der Waals surface area contributed by atoms with Gasteiger partial charge in [0.15, 0.2) is 17.2 Å². The fourth-order valence-corrected chi connectivity index (χ4v) is 7.57. The van der Waals surface area contributed by atoms with Gasteiger partial charge in [0.05, 0.1) is 0 Å². The second-order valence-electron chi connectivity index (χ2n) is 10.7. The largest absolute Gasteiger partial charge is 0.450 e. The topological polar surface area (TPSA) is 60.4 Å². The molecule has 4 nitrogen and oxygen atoms in total. The van der Waals surface area contributed by atoms with Crippen LogP contribution in [0, 0.1) is 34.5 Å². The Labute approximate surface area is 186 Å². The maximum atomic E-state index is 13.2. The van der Waals surface area contributed by atoms with Crippen molar-refractivity contribution in [2.24, 2.45) is 34.5 Å².